The van der Waals surface area contributed by atoms with Crippen LogP contribution in [0.2, 0.25) is 0 Å². The van der Waals surface area contributed by atoms with Gasteiger partial charge in [-0.15, -0.1) is 0 Å². The molecule has 1 saturated heterocycles. The van der Waals surface area contributed by atoms with E-state index in [1.54, 1.807) is 18.2 Å². The monoisotopic (exact) mass is 704 g/mol. The Morgan fingerprint density at radius 3 is 2.56 bits per heavy atom. The van der Waals surface area contributed by atoms with Gasteiger partial charge in [0.25, 0.3) is 0 Å². The molecule has 2 unspecified atom stereocenters. The van der Waals surface area contributed by atoms with Crippen LogP contribution in [0.15, 0.2) is 73.1 Å². The first-order valence-corrected chi connectivity index (χ1v) is 17.6. The molecule has 1 fully saturated rings. The standard InChI is InChI=1S/C34H37N6O9P/c1-19(31(42)47-23-15-21-10-4-5-11-22(21)16-23)39-50(44,49-25-14-8-12-20-9-6-7-13-24(20)25)46-17-26-28(41)34(2,43)32(48-26)40-18-36-27-29(40)37-33(35)38-30(27)45-3/h4-14,18-19,23,26,28,32,41,43H,15-17H2,1-3H3,(H,39,44)(H2,35,37,38)/t19-,26+,28+,32?,34+,50?/m0/s1. The number of nitrogens with zero attached hydrogens (tertiary/aromatic N) is 4. The van der Waals surface area contributed by atoms with Crippen molar-refractivity contribution in [3.05, 3.63) is 84.2 Å². The third-order valence-corrected chi connectivity index (χ3v) is 10.6. The van der Waals surface area contributed by atoms with E-state index >= 15 is 0 Å². The van der Waals surface area contributed by atoms with E-state index in [1.165, 1.54) is 31.9 Å². The summed E-state index contributed by atoms with van der Waals surface area (Å²) >= 11 is 0. The van der Waals surface area contributed by atoms with Gasteiger partial charge in [0, 0.05) is 18.2 Å². The number of nitrogens with one attached hydrogen (secondary N) is 1. The summed E-state index contributed by atoms with van der Waals surface area (Å²) in [7, 11) is -3.01. The fraction of sp³-hybridized carbons (Fsp3) is 0.353. The molecular weight excluding hydrogens is 667 g/mol. The van der Waals surface area contributed by atoms with Crippen molar-refractivity contribution >= 4 is 41.6 Å². The molecule has 3 aromatic carbocycles. The highest BCUT2D eigenvalue weighted by molar-refractivity contribution is 7.52. The van der Waals surface area contributed by atoms with E-state index in [-0.39, 0.29) is 34.8 Å². The Morgan fingerprint density at radius 1 is 1.12 bits per heavy atom. The number of aliphatic hydroxyl groups is 2. The topological polar surface area (TPSA) is 202 Å². The van der Waals surface area contributed by atoms with E-state index in [2.05, 4.69) is 20.0 Å². The number of hydrogen-bond acceptors (Lipinski definition) is 13. The normalized spacial score (nSPS) is 23.8. The van der Waals surface area contributed by atoms with Gasteiger partial charge in [0.1, 0.15) is 35.7 Å². The number of nitrogens with two attached hydrogens (primary N) is 1. The molecule has 5 aromatic rings. The van der Waals surface area contributed by atoms with Crippen LogP contribution in [-0.4, -0.2) is 79.4 Å². The molecule has 0 radical (unpaired) electrons. The number of carbonyl (C=O) groups excluding carboxylic acids is 1. The zero-order chi connectivity index (χ0) is 35.2. The van der Waals surface area contributed by atoms with Crippen LogP contribution in [-0.2, 0) is 36.2 Å². The maximum absolute atomic E-state index is 14.6. The molecule has 0 saturated carbocycles. The molecule has 50 heavy (non-hydrogen) atoms. The van der Waals surface area contributed by atoms with Gasteiger partial charge in [-0.05, 0) is 36.4 Å². The van der Waals surface area contributed by atoms with Crippen LogP contribution in [0, 0.1) is 0 Å². The van der Waals surface area contributed by atoms with Crippen molar-refractivity contribution in [2.45, 2.75) is 62.9 Å². The van der Waals surface area contributed by atoms with Gasteiger partial charge >= 0.3 is 13.7 Å². The molecular formula is C34H37N6O9P. The van der Waals surface area contributed by atoms with Crippen molar-refractivity contribution in [3.63, 3.8) is 0 Å². The number of methoxy groups -OCH3 is 1. The number of aliphatic hydroxyl groups excluding tert-OH is 1. The van der Waals surface area contributed by atoms with Crippen LogP contribution >= 0.6 is 7.75 Å². The lowest BCUT2D eigenvalue weighted by molar-refractivity contribution is -0.150. The third-order valence-electron chi connectivity index (χ3n) is 8.99. The fourth-order valence-corrected chi connectivity index (χ4v) is 7.94. The minimum atomic E-state index is -4.41. The van der Waals surface area contributed by atoms with Crippen LogP contribution < -0.4 is 20.1 Å². The molecule has 262 valence electrons. The van der Waals surface area contributed by atoms with Gasteiger partial charge in [-0.1, -0.05) is 60.7 Å². The lowest BCUT2D eigenvalue weighted by Gasteiger charge is -2.27. The van der Waals surface area contributed by atoms with Crippen LogP contribution in [0.5, 0.6) is 11.6 Å². The van der Waals surface area contributed by atoms with Gasteiger partial charge in [-0.25, -0.2) is 9.55 Å². The number of fused-ring (bicyclic) bond motifs is 3. The minimum absolute atomic E-state index is 0.100. The van der Waals surface area contributed by atoms with Gasteiger partial charge in [0.15, 0.2) is 17.4 Å². The summed E-state index contributed by atoms with van der Waals surface area (Å²) in [5.74, 6) is -0.388. The largest absolute Gasteiger partial charge is 0.479 e. The predicted molar refractivity (Wildman–Crippen MR) is 181 cm³/mol. The fourth-order valence-electron chi connectivity index (χ4n) is 6.42. The zero-order valence-electron chi connectivity index (χ0n) is 27.5. The number of esters is 1. The molecule has 2 aliphatic rings. The third kappa shape index (κ3) is 6.39. The number of imidazole rings is 1. The van der Waals surface area contributed by atoms with E-state index < -0.39 is 50.4 Å². The first-order chi connectivity index (χ1) is 24.0. The maximum Gasteiger partial charge on any atom is 0.459 e. The van der Waals surface area contributed by atoms with Gasteiger partial charge < -0.3 is 34.7 Å². The second-order valence-corrected chi connectivity index (χ2v) is 14.3. The molecule has 15 nitrogen and oxygen atoms in total. The van der Waals surface area contributed by atoms with E-state index in [4.69, 9.17) is 29.0 Å². The summed E-state index contributed by atoms with van der Waals surface area (Å²) < 4.78 is 45.1. The number of ether oxygens (including phenoxy) is 3. The van der Waals surface area contributed by atoms with Crippen molar-refractivity contribution in [1.29, 1.82) is 0 Å². The zero-order valence-corrected chi connectivity index (χ0v) is 28.4. The molecule has 0 spiro atoms. The van der Waals surface area contributed by atoms with Gasteiger partial charge in [-0.3, -0.25) is 13.9 Å². The average molecular weight is 705 g/mol. The first-order valence-electron chi connectivity index (χ1n) is 16.0. The van der Waals surface area contributed by atoms with E-state index in [9.17, 15) is 19.6 Å². The number of hydrogen-bond donors (Lipinski definition) is 4. The molecule has 2 aromatic heterocycles. The SMILES string of the molecule is COc1nc(N)nc2c1ncn2C1O[C@H](COP(=O)(N[C@@H](C)C(=O)OC2Cc3ccccc3C2)Oc2cccc3ccccc23)[C@@H](O)[C@@]1(C)O. The van der Waals surface area contributed by atoms with Crippen LogP contribution in [0.1, 0.15) is 31.2 Å². The van der Waals surface area contributed by atoms with Crippen molar-refractivity contribution in [2.24, 2.45) is 0 Å². The Labute approximate surface area is 286 Å². The van der Waals surface area contributed by atoms with Crippen molar-refractivity contribution in [3.8, 4) is 11.6 Å². The summed E-state index contributed by atoms with van der Waals surface area (Å²) in [4.78, 5) is 25.8. The first kappa shape index (κ1) is 33.8. The molecule has 1 aliphatic heterocycles. The van der Waals surface area contributed by atoms with Gasteiger partial charge in [-0.2, -0.15) is 15.1 Å². The van der Waals surface area contributed by atoms with Crippen molar-refractivity contribution in [1.82, 2.24) is 24.6 Å². The highest BCUT2D eigenvalue weighted by atomic mass is 31.2. The van der Waals surface area contributed by atoms with E-state index in [0.29, 0.717) is 18.2 Å². The Bertz CT molecular complexity index is 2080. The summed E-state index contributed by atoms with van der Waals surface area (Å²) in [5.41, 5.74) is 6.64. The van der Waals surface area contributed by atoms with Gasteiger partial charge in [0.05, 0.1) is 20.0 Å². The number of nitrogen functional groups attached to an aromatic ring is 1. The summed E-state index contributed by atoms with van der Waals surface area (Å²) in [6.07, 6.45) is -1.86. The smallest absolute Gasteiger partial charge is 0.459 e. The van der Waals surface area contributed by atoms with Crippen molar-refractivity contribution < 1.29 is 42.8 Å². The number of benzene rings is 3. The second-order valence-electron chi connectivity index (χ2n) is 12.6. The highest BCUT2D eigenvalue weighted by Crippen LogP contribution is 2.48. The Morgan fingerprint density at radius 2 is 1.82 bits per heavy atom. The Hall–Kier alpha value is -4.63. The Balaban J connectivity index is 1.12. The summed E-state index contributed by atoms with van der Waals surface area (Å²) in [6, 6.07) is 19.4. The quantitative estimate of drug-likeness (QED) is 0.115. The van der Waals surface area contributed by atoms with Crippen LogP contribution in [0.3, 0.4) is 0 Å². The summed E-state index contributed by atoms with van der Waals surface area (Å²) in [6.45, 7) is 2.36. The molecule has 16 heteroatoms. The molecule has 1 aliphatic carbocycles. The molecule has 6 atom stereocenters. The van der Waals surface area contributed by atoms with Crippen molar-refractivity contribution in [2.75, 3.05) is 19.5 Å². The Kier molecular flexibility index (Phi) is 8.97. The second kappa shape index (κ2) is 13.2. The number of anilines is 1. The number of carbonyl (C=O) groups is 1. The molecule has 0 bridgehead atoms. The van der Waals surface area contributed by atoms with Crippen LogP contribution in [0.4, 0.5) is 5.95 Å². The van der Waals surface area contributed by atoms with Gasteiger partial charge in [0.2, 0.25) is 11.8 Å². The average Bonchev–Trinajstić information content (AvgIpc) is 3.76. The maximum atomic E-state index is 14.6. The number of rotatable bonds is 11. The molecule has 7 rings (SSSR count). The lowest BCUT2D eigenvalue weighted by Crippen LogP contribution is -2.44. The van der Waals surface area contributed by atoms with E-state index in [0.717, 1.165) is 16.5 Å². The van der Waals surface area contributed by atoms with Crippen LogP contribution in [0.25, 0.3) is 21.9 Å². The molecule has 0 amide bonds. The number of aromatic nitrogens is 4. The van der Waals surface area contributed by atoms with E-state index in [1.807, 2.05) is 48.5 Å². The molecule has 5 N–H and O–H groups in total. The highest BCUT2D eigenvalue weighted by Gasteiger charge is 2.54. The lowest BCUT2D eigenvalue weighted by atomic mass is 9.96. The summed E-state index contributed by atoms with van der Waals surface area (Å²) in [5, 5.41) is 26.9. The molecule has 3 heterocycles. The minimum Gasteiger partial charge on any atom is -0.479 e. The predicted octanol–water partition coefficient (Wildman–Crippen LogP) is 3.47.